The molecule has 1 spiro atoms. The Morgan fingerprint density at radius 1 is 1.23 bits per heavy atom. The number of rotatable bonds is 4. The third kappa shape index (κ3) is 3.17. The molecule has 0 unspecified atom stereocenters. The van der Waals surface area contributed by atoms with E-state index in [1.54, 1.807) is 0 Å². The first kappa shape index (κ1) is 18.3. The number of ether oxygens (including phenoxy) is 1. The van der Waals surface area contributed by atoms with Crippen molar-refractivity contribution in [2.24, 2.45) is 5.92 Å². The van der Waals surface area contributed by atoms with Gasteiger partial charge in [0.2, 0.25) is 5.91 Å². The lowest BCUT2D eigenvalue weighted by Gasteiger charge is -2.36. The number of carbonyl (C=O) groups excluding carboxylic acids is 5. The molecule has 2 saturated heterocycles. The third-order valence-corrected chi connectivity index (χ3v) is 5.52. The van der Waals surface area contributed by atoms with Crippen molar-refractivity contribution in [3.8, 4) is 0 Å². The van der Waals surface area contributed by atoms with Gasteiger partial charge in [0.1, 0.15) is 12.1 Å². The number of nitrogens with one attached hydrogen (secondary N) is 1. The van der Waals surface area contributed by atoms with Gasteiger partial charge in [-0.1, -0.05) is 19.8 Å². The molecule has 0 aromatic rings. The molecule has 5 amide bonds. The van der Waals surface area contributed by atoms with Gasteiger partial charge in [-0.25, -0.2) is 4.79 Å². The maximum absolute atomic E-state index is 12.7. The molecule has 3 aliphatic rings. The molecule has 9 nitrogen and oxygen atoms in total. The standard InChI is InChI=1S/C17H23N3O6/c1-11-5-2-3-7-17(11)15(24)20(16(25)18-17)9-14(23)26-10-13(22)19-8-4-6-12(19)21/h11H,2-10H2,1H3,(H,18,25)/t11-,17+/m0/s1. The Labute approximate surface area is 151 Å². The van der Waals surface area contributed by atoms with E-state index in [1.165, 1.54) is 0 Å². The Balaban J connectivity index is 1.55. The van der Waals surface area contributed by atoms with E-state index < -0.39 is 42.5 Å². The predicted octanol–water partition coefficient (Wildman–Crippen LogP) is 0.179. The van der Waals surface area contributed by atoms with Crippen LogP contribution in [0.1, 0.15) is 45.4 Å². The molecule has 142 valence electrons. The van der Waals surface area contributed by atoms with Crippen molar-refractivity contribution in [3.63, 3.8) is 0 Å². The smallest absolute Gasteiger partial charge is 0.326 e. The second-order valence-corrected chi connectivity index (χ2v) is 7.14. The van der Waals surface area contributed by atoms with Gasteiger partial charge in [-0.3, -0.25) is 29.0 Å². The van der Waals surface area contributed by atoms with Crippen LogP contribution in [0.25, 0.3) is 0 Å². The number of amides is 5. The summed E-state index contributed by atoms with van der Waals surface area (Å²) < 4.78 is 4.87. The summed E-state index contributed by atoms with van der Waals surface area (Å²) in [5.74, 6) is -2.14. The highest BCUT2D eigenvalue weighted by Gasteiger charge is 2.55. The molecule has 0 bridgehead atoms. The van der Waals surface area contributed by atoms with E-state index >= 15 is 0 Å². The van der Waals surface area contributed by atoms with Crippen LogP contribution in [0.15, 0.2) is 0 Å². The van der Waals surface area contributed by atoms with Crippen LogP contribution in [0.4, 0.5) is 4.79 Å². The number of hydrogen-bond acceptors (Lipinski definition) is 6. The van der Waals surface area contributed by atoms with Gasteiger partial charge in [0.15, 0.2) is 6.61 Å². The minimum atomic E-state index is -0.937. The van der Waals surface area contributed by atoms with Gasteiger partial charge in [0.05, 0.1) is 0 Å². The lowest BCUT2D eigenvalue weighted by Crippen LogP contribution is -2.54. The summed E-state index contributed by atoms with van der Waals surface area (Å²) in [6.45, 7) is 1.13. The first-order valence-corrected chi connectivity index (χ1v) is 8.98. The summed E-state index contributed by atoms with van der Waals surface area (Å²) in [6, 6.07) is -0.609. The van der Waals surface area contributed by atoms with Crippen LogP contribution in [0.3, 0.4) is 0 Å². The van der Waals surface area contributed by atoms with Gasteiger partial charge in [0, 0.05) is 13.0 Å². The zero-order valence-electron chi connectivity index (χ0n) is 14.8. The molecule has 26 heavy (non-hydrogen) atoms. The Hall–Kier alpha value is -2.45. The lowest BCUT2D eigenvalue weighted by atomic mass is 9.73. The second kappa shape index (κ2) is 7.05. The van der Waals surface area contributed by atoms with Gasteiger partial charge in [-0.05, 0) is 25.2 Å². The molecule has 2 aliphatic heterocycles. The molecule has 3 rings (SSSR count). The van der Waals surface area contributed by atoms with Crippen LogP contribution in [0, 0.1) is 5.92 Å². The molecule has 0 aromatic carbocycles. The average molecular weight is 365 g/mol. The summed E-state index contributed by atoms with van der Waals surface area (Å²) in [5.41, 5.74) is -0.937. The van der Waals surface area contributed by atoms with Crippen LogP contribution < -0.4 is 5.32 Å². The third-order valence-electron chi connectivity index (χ3n) is 5.52. The molecule has 1 aliphatic carbocycles. The predicted molar refractivity (Wildman–Crippen MR) is 87.5 cm³/mol. The Kier molecular flexibility index (Phi) is 4.97. The molecule has 2 heterocycles. The van der Waals surface area contributed by atoms with Crippen molar-refractivity contribution < 1.29 is 28.7 Å². The number of urea groups is 1. The molecular formula is C17H23N3O6. The van der Waals surface area contributed by atoms with Crippen molar-refractivity contribution in [2.45, 2.75) is 51.0 Å². The van der Waals surface area contributed by atoms with Crippen LogP contribution in [0.2, 0.25) is 0 Å². The molecule has 1 N–H and O–H groups in total. The maximum Gasteiger partial charge on any atom is 0.326 e. The van der Waals surface area contributed by atoms with Gasteiger partial charge < -0.3 is 10.1 Å². The monoisotopic (exact) mass is 365 g/mol. The highest BCUT2D eigenvalue weighted by Crippen LogP contribution is 2.38. The van der Waals surface area contributed by atoms with Crippen LogP contribution in [-0.2, 0) is 23.9 Å². The Bertz CT molecular complexity index is 663. The van der Waals surface area contributed by atoms with E-state index in [9.17, 15) is 24.0 Å². The number of imide groups is 2. The van der Waals surface area contributed by atoms with Crippen molar-refractivity contribution >= 4 is 29.7 Å². The fourth-order valence-electron chi connectivity index (χ4n) is 3.95. The normalized spacial score (nSPS) is 28.7. The van der Waals surface area contributed by atoms with Crippen molar-refractivity contribution in [1.29, 1.82) is 0 Å². The van der Waals surface area contributed by atoms with E-state index in [0.29, 0.717) is 25.8 Å². The van der Waals surface area contributed by atoms with E-state index in [0.717, 1.165) is 29.1 Å². The van der Waals surface area contributed by atoms with Gasteiger partial charge in [-0.15, -0.1) is 0 Å². The highest BCUT2D eigenvalue weighted by atomic mass is 16.5. The summed E-state index contributed by atoms with van der Waals surface area (Å²) in [7, 11) is 0. The van der Waals surface area contributed by atoms with E-state index in [-0.39, 0.29) is 11.8 Å². The average Bonchev–Trinajstić information content (AvgIpc) is 3.13. The van der Waals surface area contributed by atoms with E-state index in [2.05, 4.69) is 5.32 Å². The fraction of sp³-hybridized carbons (Fsp3) is 0.706. The van der Waals surface area contributed by atoms with E-state index in [4.69, 9.17) is 4.74 Å². The Morgan fingerprint density at radius 3 is 2.65 bits per heavy atom. The van der Waals surface area contributed by atoms with Gasteiger partial charge >= 0.3 is 12.0 Å². The highest BCUT2D eigenvalue weighted by molar-refractivity contribution is 6.09. The second-order valence-electron chi connectivity index (χ2n) is 7.14. The molecular weight excluding hydrogens is 342 g/mol. The van der Waals surface area contributed by atoms with Crippen LogP contribution in [-0.4, -0.2) is 64.8 Å². The summed E-state index contributed by atoms with van der Waals surface area (Å²) >= 11 is 0. The number of hydrogen-bond donors (Lipinski definition) is 1. The zero-order valence-corrected chi connectivity index (χ0v) is 14.8. The Morgan fingerprint density at radius 2 is 2.00 bits per heavy atom. The summed E-state index contributed by atoms with van der Waals surface area (Å²) in [4.78, 5) is 62.2. The zero-order chi connectivity index (χ0) is 18.9. The number of esters is 1. The first-order chi connectivity index (χ1) is 12.3. The van der Waals surface area contributed by atoms with Crippen molar-refractivity contribution in [2.75, 3.05) is 19.7 Å². The SMILES string of the molecule is C[C@H]1CCCC[C@@]12NC(=O)N(CC(=O)OCC(=O)N1CCCC1=O)C2=O. The molecule has 1 saturated carbocycles. The lowest BCUT2D eigenvalue weighted by molar-refractivity contribution is -0.156. The topological polar surface area (TPSA) is 113 Å². The van der Waals surface area contributed by atoms with Crippen molar-refractivity contribution in [1.82, 2.24) is 15.1 Å². The molecule has 9 heteroatoms. The minimum absolute atomic E-state index is 0.00326. The maximum atomic E-state index is 12.7. The minimum Gasteiger partial charge on any atom is -0.454 e. The molecule has 0 radical (unpaired) electrons. The first-order valence-electron chi connectivity index (χ1n) is 8.98. The van der Waals surface area contributed by atoms with Crippen LogP contribution in [0.5, 0.6) is 0 Å². The largest absolute Gasteiger partial charge is 0.454 e. The number of carbonyl (C=O) groups is 5. The van der Waals surface area contributed by atoms with Gasteiger partial charge in [0.25, 0.3) is 11.8 Å². The van der Waals surface area contributed by atoms with Gasteiger partial charge in [-0.2, -0.15) is 0 Å². The molecule has 0 aromatic heterocycles. The molecule has 2 atom stereocenters. The van der Waals surface area contributed by atoms with Crippen molar-refractivity contribution in [3.05, 3.63) is 0 Å². The fourth-order valence-corrected chi connectivity index (χ4v) is 3.95. The number of likely N-dealkylation sites (tertiary alicyclic amines) is 1. The molecule has 3 fully saturated rings. The number of nitrogens with zero attached hydrogens (tertiary/aromatic N) is 2. The summed E-state index contributed by atoms with van der Waals surface area (Å²) in [5, 5.41) is 2.75. The quantitative estimate of drug-likeness (QED) is 0.562. The van der Waals surface area contributed by atoms with Crippen LogP contribution >= 0.6 is 0 Å². The summed E-state index contributed by atoms with van der Waals surface area (Å²) in [6.07, 6.45) is 4.14. The van der Waals surface area contributed by atoms with E-state index in [1.807, 2.05) is 6.92 Å².